The predicted molar refractivity (Wildman–Crippen MR) is 119 cm³/mol. The van der Waals surface area contributed by atoms with E-state index in [-0.39, 0.29) is 0 Å². The van der Waals surface area contributed by atoms with Gasteiger partial charge in [-0.05, 0) is 51.6 Å². The fourth-order valence-corrected chi connectivity index (χ4v) is 3.62. The summed E-state index contributed by atoms with van der Waals surface area (Å²) in [4.78, 5) is 0. The van der Waals surface area contributed by atoms with Gasteiger partial charge in [0.05, 0.1) is 0 Å². The molecule has 3 rings (SSSR count). The summed E-state index contributed by atoms with van der Waals surface area (Å²) < 4.78 is 1.09. The predicted octanol–water partition coefficient (Wildman–Crippen LogP) is 7.83. The Kier molecular flexibility index (Phi) is 6.69. The Balaban J connectivity index is 2.07. The molecule has 0 aliphatic heterocycles. The van der Waals surface area contributed by atoms with Gasteiger partial charge in [-0.1, -0.05) is 108 Å². The first-order valence-electron chi connectivity index (χ1n) is 7.97. The van der Waals surface area contributed by atoms with Crippen LogP contribution in [-0.2, 0) is 10.7 Å². The molecule has 3 aromatic carbocycles. The lowest BCUT2D eigenvalue weighted by molar-refractivity contribution is 1.40. The quantitative estimate of drug-likeness (QED) is 0.237. The molecule has 0 aliphatic rings. The van der Waals surface area contributed by atoms with Crippen LogP contribution in [0.25, 0.3) is 11.6 Å². The zero-order valence-corrected chi connectivity index (χ0v) is 18.3. The summed E-state index contributed by atoms with van der Waals surface area (Å²) in [7, 11) is 0. The first-order valence-corrected chi connectivity index (χ1v) is 11.0. The number of alkyl halides is 2. The van der Waals surface area contributed by atoms with Crippen LogP contribution < -0.4 is 0 Å². The summed E-state index contributed by atoms with van der Waals surface area (Å²) >= 11 is 10.5. The molecule has 25 heavy (non-hydrogen) atoms. The molecule has 126 valence electrons. The Morgan fingerprint density at radius 2 is 1.08 bits per heavy atom. The van der Waals surface area contributed by atoms with E-state index < -0.39 is 0 Å². The Labute approximate surface area is 174 Å². The summed E-state index contributed by atoms with van der Waals surface area (Å²) in [5, 5.41) is 1.75. The topological polar surface area (TPSA) is 0 Å². The van der Waals surface area contributed by atoms with Crippen molar-refractivity contribution in [3.8, 4) is 0 Å². The Morgan fingerprint density at radius 3 is 1.48 bits per heavy atom. The molecule has 0 N–H and O–H groups in total. The van der Waals surface area contributed by atoms with Gasteiger partial charge in [-0.15, -0.1) is 0 Å². The van der Waals surface area contributed by atoms with Crippen molar-refractivity contribution in [1.82, 2.24) is 0 Å². The SMILES string of the molecule is BrCc1ccc(C(=Cc2ccc(Br)cc2)c2ccc(CBr)cc2)cc1. The maximum atomic E-state index is 3.52. The second kappa shape index (κ2) is 8.98. The Bertz CT molecular complexity index is 796. The van der Waals surface area contributed by atoms with Gasteiger partial charge in [-0.3, -0.25) is 0 Å². The molecule has 0 spiro atoms. The molecular formula is C22H17Br3. The number of halogens is 3. The van der Waals surface area contributed by atoms with Gasteiger partial charge in [0.25, 0.3) is 0 Å². The van der Waals surface area contributed by atoms with Crippen molar-refractivity contribution in [2.75, 3.05) is 0 Å². The van der Waals surface area contributed by atoms with Gasteiger partial charge in [0.15, 0.2) is 0 Å². The van der Waals surface area contributed by atoms with Crippen molar-refractivity contribution in [2.45, 2.75) is 10.7 Å². The summed E-state index contributed by atoms with van der Waals surface area (Å²) in [6, 6.07) is 25.9. The van der Waals surface area contributed by atoms with Crippen LogP contribution in [-0.4, -0.2) is 0 Å². The van der Waals surface area contributed by atoms with Crippen molar-refractivity contribution in [2.24, 2.45) is 0 Å². The number of rotatable bonds is 5. The third-order valence-corrected chi connectivity index (χ3v) is 5.84. The minimum atomic E-state index is 0.874. The van der Waals surface area contributed by atoms with E-state index >= 15 is 0 Å². The molecule has 0 atom stereocenters. The van der Waals surface area contributed by atoms with E-state index in [1.54, 1.807) is 0 Å². The van der Waals surface area contributed by atoms with Crippen molar-refractivity contribution in [3.05, 3.63) is 105 Å². The molecule has 0 amide bonds. The Morgan fingerprint density at radius 1 is 0.640 bits per heavy atom. The van der Waals surface area contributed by atoms with Gasteiger partial charge in [0.1, 0.15) is 0 Å². The fraction of sp³-hybridized carbons (Fsp3) is 0.0909. The van der Waals surface area contributed by atoms with Crippen LogP contribution in [0.15, 0.2) is 77.3 Å². The highest BCUT2D eigenvalue weighted by atomic mass is 79.9. The van der Waals surface area contributed by atoms with E-state index in [9.17, 15) is 0 Å². The van der Waals surface area contributed by atoms with Gasteiger partial charge in [0, 0.05) is 15.1 Å². The minimum Gasteiger partial charge on any atom is -0.0876 e. The zero-order valence-electron chi connectivity index (χ0n) is 13.6. The number of hydrogen-bond donors (Lipinski definition) is 0. The molecule has 0 aromatic heterocycles. The first kappa shape index (κ1) is 18.6. The van der Waals surface area contributed by atoms with Gasteiger partial charge in [-0.25, -0.2) is 0 Å². The summed E-state index contributed by atoms with van der Waals surface area (Å²) in [6.07, 6.45) is 2.25. The molecule has 0 unspecified atom stereocenters. The van der Waals surface area contributed by atoms with Crippen LogP contribution in [0.1, 0.15) is 27.8 Å². The van der Waals surface area contributed by atoms with Gasteiger partial charge in [0.2, 0.25) is 0 Å². The van der Waals surface area contributed by atoms with E-state index in [2.05, 4.69) is 127 Å². The third-order valence-electron chi connectivity index (χ3n) is 4.02. The lowest BCUT2D eigenvalue weighted by Crippen LogP contribution is -1.90. The fourth-order valence-electron chi connectivity index (χ4n) is 2.61. The number of hydrogen-bond acceptors (Lipinski definition) is 0. The van der Waals surface area contributed by atoms with Crippen LogP contribution in [0.4, 0.5) is 0 Å². The second-order valence-electron chi connectivity index (χ2n) is 5.77. The molecule has 3 aromatic rings. The van der Waals surface area contributed by atoms with E-state index in [4.69, 9.17) is 0 Å². The van der Waals surface area contributed by atoms with Crippen LogP contribution in [0, 0.1) is 0 Å². The maximum Gasteiger partial charge on any atom is 0.0283 e. The van der Waals surface area contributed by atoms with Crippen molar-refractivity contribution < 1.29 is 0 Å². The lowest BCUT2D eigenvalue weighted by atomic mass is 9.94. The summed E-state index contributed by atoms with van der Waals surface area (Å²) in [5.74, 6) is 0. The highest BCUT2D eigenvalue weighted by molar-refractivity contribution is 9.10. The monoisotopic (exact) mass is 518 g/mol. The van der Waals surface area contributed by atoms with Crippen molar-refractivity contribution in [3.63, 3.8) is 0 Å². The van der Waals surface area contributed by atoms with Crippen LogP contribution >= 0.6 is 47.8 Å². The van der Waals surface area contributed by atoms with Crippen LogP contribution in [0.3, 0.4) is 0 Å². The second-order valence-corrected chi connectivity index (χ2v) is 7.81. The molecule has 0 heterocycles. The van der Waals surface area contributed by atoms with Crippen molar-refractivity contribution in [1.29, 1.82) is 0 Å². The highest BCUT2D eigenvalue weighted by Gasteiger charge is 2.06. The molecule has 0 nitrogen and oxygen atoms in total. The van der Waals surface area contributed by atoms with Crippen molar-refractivity contribution >= 4 is 59.4 Å². The normalized spacial score (nSPS) is 10.5. The summed E-state index contributed by atoms with van der Waals surface area (Å²) in [5.41, 5.74) is 7.41. The van der Waals surface area contributed by atoms with E-state index in [0.717, 1.165) is 15.1 Å². The largest absolute Gasteiger partial charge is 0.0876 e. The van der Waals surface area contributed by atoms with E-state index in [1.165, 1.54) is 33.4 Å². The molecular weight excluding hydrogens is 504 g/mol. The average Bonchev–Trinajstić information content (AvgIpc) is 2.68. The molecule has 0 bridgehead atoms. The molecule has 0 saturated carbocycles. The molecule has 0 radical (unpaired) electrons. The van der Waals surface area contributed by atoms with Crippen LogP contribution in [0.5, 0.6) is 0 Å². The van der Waals surface area contributed by atoms with E-state index in [1.807, 2.05) is 0 Å². The van der Waals surface area contributed by atoms with Gasteiger partial charge in [-0.2, -0.15) is 0 Å². The standard InChI is InChI=1S/C22H17Br3/c23-14-17-1-7-19(8-2-17)22(13-16-5-11-21(25)12-6-16)20-9-3-18(15-24)4-10-20/h1-13H,14-15H2. The maximum absolute atomic E-state index is 3.52. The summed E-state index contributed by atoms with van der Waals surface area (Å²) in [6.45, 7) is 0. The van der Waals surface area contributed by atoms with E-state index in [0.29, 0.717) is 0 Å². The van der Waals surface area contributed by atoms with Gasteiger partial charge < -0.3 is 0 Å². The minimum absolute atomic E-state index is 0.874. The molecule has 0 aliphatic carbocycles. The zero-order chi connectivity index (χ0) is 17.6. The molecule has 3 heteroatoms. The Hall–Kier alpha value is -1.16. The highest BCUT2D eigenvalue weighted by Crippen LogP contribution is 2.28. The molecule has 0 saturated heterocycles. The van der Waals surface area contributed by atoms with Crippen LogP contribution in [0.2, 0.25) is 0 Å². The third kappa shape index (κ3) is 4.93. The number of benzene rings is 3. The smallest absolute Gasteiger partial charge is 0.0283 e. The molecule has 0 fully saturated rings. The first-order chi connectivity index (χ1) is 12.2. The lowest BCUT2D eigenvalue weighted by Gasteiger charge is -2.11. The van der Waals surface area contributed by atoms with Gasteiger partial charge >= 0.3 is 0 Å². The average molecular weight is 521 g/mol.